The Labute approximate surface area is 242 Å². The standard InChI is InChI=1S/C34H39N3O4/c1-5-6-16-37-27(32(34(2,3)4)35-33(37)26-10-8-7-9-11-26)21-36(19-24-12-14-28-30(17-24)40-22-38-28)20-25-13-15-29-31(18-25)41-23-39-29/h7-15,17-18H,5-6,16,19-23H2,1-4H3. The van der Waals surface area contributed by atoms with Gasteiger partial charge in [0.05, 0.1) is 11.4 Å². The van der Waals surface area contributed by atoms with Gasteiger partial charge in [-0.1, -0.05) is 76.6 Å². The molecule has 0 atom stereocenters. The number of rotatable bonds is 10. The van der Waals surface area contributed by atoms with Crippen molar-refractivity contribution in [2.24, 2.45) is 0 Å². The first-order valence-corrected chi connectivity index (χ1v) is 14.5. The Bertz CT molecular complexity index is 1450. The molecule has 4 aromatic rings. The molecule has 3 heterocycles. The first kappa shape index (κ1) is 27.2. The van der Waals surface area contributed by atoms with Gasteiger partial charge in [0.15, 0.2) is 23.0 Å². The summed E-state index contributed by atoms with van der Waals surface area (Å²) in [6, 6.07) is 23.1. The van der Waals surface area contributed by atoms with Gasteiger partial charge in [-0.25, -0.2) is 4.98 Å². The lowest BCUT2D eigenvalue weighted by atomic mass is 9.90. The summed E-state index contributed by atoms with van der Waals surface area (Å²) in [5.41, 5.74) is 5.81. The van der Waals surface area contributed by atoms with Crippen molar-refractivity contribution >= 4 is 0 Å². The van der Waals surface area contributed by atoms with Crippen molar-refractivity contribution in [1.29, 1.82) is 0 Å². The molecule has 7 nitrogen and oxygen atoms in total. The van der Waals surface area contributed by atoms with Gasteiger partial charge in [-0.2, -0.15) is 0 Å². The van der Waals surface area contributed by atoms with Crippen LogP contribution in [0.25, 0.3) is 11.4 Å². The number of imidazole rings is 1. The molecule has 0 fully saturated rings. The summed E-state index contributed by atoms with van der Waals surface area (Å²) >= 11 is 0. The summed E-state index contributed by atoms with van der Waals surface area (Å²) in [6.45, 7) is 12.7. The second kappa shape index (κ2) is 11.5. The normalized spacial score (nSPS) is 13.8. The molecule has 0 saturated heterocycles. The van der Waals surface area contributed by atoms with E-state index in [4.69, 9.17) is 23.9 Å². The highest BCUT2D eigenvalue weighted by Gasteiger charge is 2.28. The van der Waals surface area contributed by atoms with E-state index in [1.807, 2.05) is 12.1 Å². The smallest absolute Gasteiger partial charge is 0.231 e. The molecular weight excluding hydrogens is 514 g/mol. The largest absolute Gasteiger partial charge is 0.454 e. The number of fused-ring (bicyclic) bond motifs is 2. The number of ether oxygens (including phenoxy) is 4. The third-order valence-electron chi connectivity index (χ3n) is 7.61. The van der Waals surface area contributed by atoms with E-state index < -0.39 is 0 Å². The Morgan fingerprint density at radius 1 is 0.756 bits per heavy atom. The van der Waals surface area contributed by atoms with Crippen LogP contribution in [-0.4, -0.2) is 28.0 Å². The maximum atomic E-state index is 5.70. The van der Waals surface area contributed by atoms with E-state index in [-0.39, 0.29) is 19.0 Å². The molecular formula is C34H39N3O4. The fourth-order valence-electron chi connectivity index (χ4n) is 5.59. The first-order chi connectivity index (χ1) is 19.9. The lowest BCUT2D eigenvalue weighted by Crippen LogP contribution is -2.26. The molecule has 0 N–H and O–H groups in total. The van der Waals surface area contributed by atoms with E-state index in [1.54, 1.807) is 0 Å². The predicted octanol–water partition coefficient (Wildman–Crippen LogP) is 7.31. The molecule has 0 bridgehead atoms. The van der Waals surface area contributed by atoms with Crippen LogP contribution in [-0.2, 0) is 31.6 Å². The second-order valence-electron chi connectivity index (χ2n) is 11.9. The quantitative estimate of drug-likeness (QED) is 0.205. The van der Waals surface area contributed by atoms with Crippen LogP contribution in [0, 0.1) is 0 Å². The van der Waals surface area contributed by atoms with Gasteiger partial charge < -0.3 is 23.5 Å². The highest BCUT2D eigenvalue weighted by Crippen LogP contribution is 2.36. The molecule has 0 unspecified atom stereocenters. The molecule has 0 aliphatic carbocycles. The van der Waals surface area contributed by atoms with Gasteiger partial charge in [0.25, 0.3) is 0 Å². The van der Waals surface area contributed by atoms with Crippen molar-refractivity contribution < 1.29 is 18.9 Å². The molecule has 0 spiro atoms. The van der Waals surface area contributed by atoms with E-state index >= 15 is 0 Å². The lowest BCUT2D eigenvalue weighted by molar-refractivity contribution is 0.173. The van der Waals surface area contributed by atoms with E-state index in [0.717, 1.165) is 79.1 Å². The molecule has 3 aromatic carbocycles. The molecule has 214 valence electrons. The van der Waals surface area contributed by atoms with E-state index in [9.17, 15) is 0 Å². The van der Waals surface area contributed by atoms with Gasteiger partial charge in [-0.05, 0) is 41.8 Å². The third kappa shape index (κ3) is 5.91. The summed E-state index contributed by atoms with van der Waals surface area (Å²) in [4.78, 5) is 7.81. The molecule has 0 amide bonds. The van der Waals surface area contributed by atoms with Crippen LogP contribution < -0.4 is 18.9 Å². The average Bonchev–Trinajstić information content (AvgIpc) is 3.70. The van der Waals surface area contributed by atoms with Gasteiger partial charge in [-0.3, -0.25) is 4.90 Å². The van der Waals surface area contributed by atoms with E-state index in [1.165, 1.54) is 16.8 Å². The lowest BCUT2D eigenvalue weighted by Gasteiger charge is -2.27. The third-order valence-corrected chi connectivity index (χ3v) is 7.61. The highest BCUT2D eigenvalue weighted by molar-refractivity contribution is 5.57. The van der Waals surface area contributed by atoms with Gasteiger partial charge in [0, 0.05) is 37.2 Å². The zero-order valence-corrected chi connectivity index (χ0v) is 24.5. The van der Waals surface area contributed by atoms with E-state index in [0.29, 0.717) is 0 Å². The summed E-state index contributed by atoms with van der Waals surface area (Å²) < 4.78 is 25.0. The number of hydrogen-bond donors (Lipinski definition) is 0. The Hall–Kier alpha value is -3.97. The van der Waals surface area contributed by atoms with Crippen molar-refractivity contribution in [3.05, 3.63) is 89.2 Å². The van der Waals surface area contributed by atoms with Crippen molar-refractivity contribution in [2.45, 2.75) is 72.1 Å². The maximum absolute atomic E-state index is 5.70. The molecule has 2 aliphatic heterocycles. The van der Waals surface area contributed by atoms with Crippen molar-refractivity contribution in [3.63, 3.8) is 0 Å². The number of benzene rings is 3. The Morgan fingerprint density at radius 3 is 1.90 bits per heavy atom. The van der Waals surface area contributed by atoms with Gasteiger partial charge >= 0.3 is 0 Å². The summed E-state index contributed by atoms with van der Waals surface area (Å²) in [7, 11) is 0. The maximum Gasteiger partial charge on any atom is 0.231 e. The van der Waals surface area contributed by atoms with Gasteiger partial charge in [0.2, 0.25) is 13.6 Å². The van der Waals surface area contributed by atoms with Gasteiger partial charge in [-0.15, -0.1) is 0 Å². The molecule has 6 rings (SSSR count). The molecule has 41 heavy (non-hydrogen) atoms. The number of hydrogen-bond acceptors (Lipinski definition) is 6. The first-order valence-electron chi connectivity index (χ1n) is 14.5. The molecule has 2 aliphatic rings. The Morgan fingerprint density at radius 2 is 1.34 bits per heavy atom. The van der Waals surface area contributed by atoms with E-state index in [2.05, 4.69) is 91.8 Å². The monoisotopic (exact) mass is 553 g/mol. The Balaban J connectivity index is 1.40. The van der Waals surface area contributed by atoms with Crippen LogP contribution in [0.4, 0.5) is 0 Å². The number of nitrogens with zero attached hydrogens (tertiary/aromatic N) is 3. The summed E-state index contributed by atoms with van der Waals surface area (Å²) in [6.07, 6.45) is 2.21. The molecule has 7 heteroatoms. The molecule has 0 radical (unpaired) electrons. The predicted molar refractivity (Wildman–Crippen MR) is 159 cm³/mol. The number of unbranched alkanes of at least 4 members (excludes halogenated alkanes) is 1. The minimum absolute atomic E-state index is 0.112. The zero-order chi connectivity index (χ0) is 28.4. The minimum Gasteiger partial charge on any atom is -0.454 e. The molecule has 0 saturated carbocycles. The fraction of sp³-hybridized carbons (Fsp3) is 0.382. The van der Waals surface area contributed by atoms with Crippen LogP contribution in [0.3, 0.4) is 0 Å². The number of aromatic nitrogens is 2. The second-order valence-corrected chi connectivity index (χ2v) is 11.9. The minimum atomic E-state index is -0.112. The van der Waals surface area contributed by atoms with Crippen LogP contribution in [0.2, 0.25) is 0 Å². The van der Waals surface area contributed by atoms with Crippen molar-refractivity contribution in [3.8, 4) is 34.4 Å². The van der Waals surface area contributed by atoms with Crippen LogP contribution in [0.5, 0.6) is 23.0 Å². The SMILES string of the molecule is CCCCn1c(-c2ccccc2)nc(C(C)(C)C)c1CN(Cc1ccc2c(c1)OCO2)Cc1ccc2c(c1)OCO2. The van der Waals surface area contributed by atoms with Crippen LogP contribution in [0.15, 0.2) is 66.7 Å². The topological polar surface area (TPSA) is 58.0 Å². The van der Waals surface area contributed by atoms with Crippen LogP contribution in [0.1, 0.15) is 63.1 Å². The highest BCUT2D eigenvalue weighted by atomic mass is 16.7. The van der Waals surface area contributed by atoms with Crippen molar-refractivity contribution in [2.75, 3.05) is 13.6 Å². The fourth-order valence-corrected chi connectivity index (χ4v) is 5.59. The van der Waals surface area contributed by atoms with Gasteiger partial charge in [0.1, 0.15) is 5.82 Å². The Kier molecular flexibility index (Phi) is 7.63. The zero-order valence-electron chi connectivity index (χ0n) is 24.5. The molecule has 1 aromatic heterocycles. The average molecular weight is 554 g/mol. The van der Waals surface area contributed by atoms with Crippen molar-refractivity contribution in [1.82, 2.24) is 14.5 Å². The summed E-state index contributed by atoms with van der Waals surface area (Å²) in [5.74, 6) is 4.26. The van der Waals surface area contributed by atoms with Crippen LogP contribution >= 0.6 is 0 Å². The summed E-state index contributed by atoms with van der Waals surface area (Å²) in [5, 5.41) is 0.